The number of aromatic nitrogens is 4. The number of nitrogens with one attached hydrogen (secondary N) is 1. The summed E-state index contributed by atoms with van der Waals surface area (Å²) in [7, 11) is 0. The molecule has 2 rings (SSSR count). The molecule has 0 aliphatic heterocycles. The van der Waals surface area contributed by atoms with Crippen LogP contribution in [0.15, 0.2) is 17.2 Å². The molecule has 0 unspecified atom stereocenters. The largest absolute Gasteiger partial charge is 0.304 e. The lowest BCUT2D eigenvalue weighted by atomic mass is 10.2. The van der Waals surface area contributed by atoms with Gasteiger partial charge in [0.05, 0.1) is 5.69 Å². The molecule has 0 atom stereocenters. The third kappa shape index (κ3) is 2.22. The van der Waals surface area contributed by atoms with Crippen LogP contribution >= 0.6 is 0 Å². The van der Waals surface area contributed by atoms with Gasteiger partial charge in [-0.25, -0.2) is 15.0 Å². The van der Waals surface area contributed by atoms with E-state index in [1.54, 1.807) is 19.3 Å². The van der Waals surface area contributed by atoms with Crippen molar-refractivity contribution in [3.8, 4) is 11.6 Å². The monoisotopic (exact) mass is 230 g/mol. The van der Waals surface area contributed by atoms with Gasteiger partial charge >= 0.3 is 0 Å². The van der Waals surface area contributed by atoms with Gasteiger partial charge in [0, 0.05) is 18.0 Å². The zero-order valence-electron chi connectivity index (χ0n) is 10.1. The van der Waals surface area contributed by atoms with Gasteiger partial charge < -0.3 is 4.98 Å². The Morgan fingerprint density at radius 1 is 1.24 bits per heavy atom. The molecule has 0 amide bonds. The van der Waals surface area contributed by atoms with E-state index in [9.17, 15) is 4.79 Å². The van der Waals surface area contributed by atoms with Crippen molar-refractivity contribution >= 4 is 0 Å². The van der Waals surface area contributed by atoms with Crippen molar-refractivity contribution in [2.75, 3.05) is 0 Å². The number of nitrogens with zero attached hydrogens (tertiary/aromatic N) is 3. The zero-order valence-corrected chi connectivity index (χ0v) is 10.1. The SMILES string of the molecule is CCc1nc(-c2ncc(C)cn2)[nH]c(=O)c1C. The Morgan fingerprint density at radius 3 is 2.47 bits per heavy atom. The summed E-state index contributed by atoms with van der Waals surface area (Å²) in [6.45, 7) is 5.64. The highest BCUT2D eigenvalue weighted by molar-refractivity contribution is 5.43. The maximum Gasteiger partial charge on any atom is 0.254 e. The Morgan fingerprint density at radius 2 is 1.88 bits per heavy atom. The summed E-state index contributed by atoms with van der Waals surface area (Å²) in [5.41, 5.74) is 2.28. The van der Waals surface area contributed by atoms with Crippen LogP contribution in [0.3, 0.4) is 0 Å². The van der Waals surface area contributed by atoms with Gasteiger partial charge in [0.25, 0.3) is 5.56 Å². The van der Waals surface area contributed by atoms with Gasteiger partial charge in [0.2, 0.25) is 0 Å². The molecule has 0 radical (unpaired) electrons. The molecule has 0 spiro atoms. The second-order valence-electron chi connectivity index (χ2n) is 3.92. The molecule has 0 saturated carbocycles. The third-order valence-electron chi connectivity index (χ3n) is 2.58. The van der Waals surface area contributed by atoms with Crippen LogP contribution in [0.2, 0.25) is 0 Å². The van der Waals surface area contributed by atoms with E-state index in [2.05, 4.69) is 19.9 Å². The Balaban J connectivity index is 2.56. The van der Waals surface area contributed by atoms with Gasteiger partial charge in [-0.1, -0.05) is 6.92 Å². The molecule has 2 aromatic rings. The topological polar surface area (TPSA) is 71.5 Å². The van der Waals surface area contributed by atoms with Crippen molar-refractivity contribution in [3.05, 3.63) is 39.6 Å². The normalized spacial score (nSPS) is 10.5. The van der Waals surface area contributed by atoms with Gasteiger partial charge in [-0.15, -0.1) is 0 Å². The highest BCUT2D eigenvalue weighted by atomic mass is 16.1. The van der Waals surface area contributed by atoms with Crippen molar-refractivity contribution < 1.29 is 0 Å². The Labute approximate surface area is 99.0 Å². The number of aromatic amines is 1. The first kappa shape index (κ1) is 11.4. The molecular weight excluding hydrogens is 216 g/mol. The molecule has 1 N–H and O–H groups in total. The molecular formula is C12H14N4O. The summed E-state index contributed by atoms with van der Waals surface area (Å²) >= 11 is 0. The van der Waals surface area contributed by atoms with E-state index in [4.69, 9.17) is 0 Å². The molecule has 0 aliphatic carbocycles. The van der Waals surface area contributed by atoms with Crippen LogP contribution in [0.1, 0.15) is 23.7 Å². The maximum absolute atomic E-state index is 11.7. The molecule has 5 nitrogen and oxygen atoms in total. The first-order valence-corrected chi connectivity index (χ1v) is 5.50. The fraction of sp³-hybridized carbons (Fsp3) is 0.333. The van der Waals surface area contributed by atoms with Crippen molar-refractivity contribution in [1.82, 2.24) is 19.9 Å². The second-order valence-corrected chi connectivity index (χ2v) is 3.92. The number of aryl methyl sites for hydroxylation is 2. The Kier molecular flexibility index (Phi) is 2.99. The van der Waals surface area contributed by atoms with E-state index in [-0.39, 0.29) is 5.56 Å². The van der Waals surface area contributed by atoms with Gasteiger partial charge in [0.1, 0.15) is 0 Å². The van der Waals surface area contributed by atoms with E-state index in [0.717, 1.165) is 11.3 Å². The summed E-state index contributed by atoms with van der Waals surface area (Å²) in [5, 5.41) is 0. The lowest BCUT2D eigenvalue weighted by Gasteiger charge is -2.04. The minimum Gasteiger partial charge on any atom is -0.304 e. The van der Waals surface area contributed by atoms with Crippen molar-refractivity contribution in [2.24, 2.45) is 0 Å². The minimum absolute atomic E-state index is 0.129. The fourth-order valence-corrected chi connectivity index (χ4v) is 1.54. The summed E-state index contributed by atoms with van der Waals surface area (Å²) < 4.78 is 0. The summed E-state index contributed by atoms with van der Waals surface area (Å²) in [6, 6.07) is 0. The molecule has 17 heavy (non-hydrogen) atoms. The molecule has 2 aromatic heterocycles. The maximum atomic E-state index is 11.7. The van der Waals surface area contributed by atoms with Gasteiger partial charge in [0.15, 0.2) is 11.6 Å². The molecule has 0 saturated heterocycles. The quantitative estimate of drug-likeness (QED) is 0.846. The number of H-pyrrole nitrogens is 1. The van der Waals surface area contributed by atoms with Crippen LogP contribution in [-0.2, 0) is 6.42 Å². The van der Waals surface area contributed by atoms with Crippen LogP contribution in [0.25, 0.3) is 11.6 Å². The molecule has 2 heterocycles. The fourth-order valence-electron chi connectivity index (χ4n) is 1.54. The molecule has 5 heteroatoms. The van der Waals surface area contributed by atoms with E-state index < -0.39 is 0 Å². The highest BCUT2D eigenvalue weighted by Gasteiger charge is 2.09. The van der Waals surface area contributed by atoms with Crippen molar-refractivity contribution in [1.29, 1.82) is 0 Å². The van der Waals surface area contributed by atoms with Crippen LogP contribution in [0.4, 0.5) is 0 Å². The van der Waals surface area contributed by atoms with Crippen LogP contribution < -0.4 is 5.56 Å². The number of hydrogen-bond donors (Lipinski definition) is 1. The average molecular weight is 230 g/mol. The molecule has 0 bridgehead atoms. The lowest BCUT2D eigenvalue weighted by molar-refractivity contribution is 0.937. The number of rotatable bonds is 2. The molecule has 0 fully saturated rings. The van der Waals surface area contributed by atoms with Crippen LogP contribution in [0.5, 0.6) is 0 Å². The van der Waals surface area contributed by atoms with E-state index in [0.29, 0.717) is 23.6 Å². The van der Waals surface area contributed by atoms with Crippen LogP contribution in [-0.4, -0.2) is 19.9 Å². The second kappa shape index (κ2) is 4.45. The van der Waals surface area contributed by atoms with E-state index >= 15 is 0 Å². The lowest BCUT2D eigenvalue weighted by Crippen LogP contribution is -2.16. The van der Waals surface area contributed by atoms with Crippen molar-refractivity contribution in [2.45, 2.75) is 27.2 Å². The van der Waals surface area contributed by atoms with Gasteiger partial charge in [-0.3, -0.25) is 4.79 Å². The molecule has 0 aromatic carbocycles. The highest BCUT2D eigenvalue weighted by Crippen LogP contribution is 2.09. The van der Waals surface area contributed by atoms with Gasteiger partial charge in [-0.05, 0) is 25.8 Å². The minimum atomic E-state index is -0.129. The van der Waals surface area contributed by atoms with E-state index in [1.165, 1.54) is 0 Å². The van der Waals surface area contributed by atoms with Gasteiger partial charge in [-0.2, -0.15) is 0 Å². The zero-order chi connectivity index (χ0) is 12.4. The molecule has 88 valence electrons. The predicted molar refractivity (Wildman–Crippen MR) is 64.7 cm³/mol. The summed E-state index contributed by atoms with van der Waals surface area (Å²) in [4.78, 5) is 27.1. The third-order valence-corrected chi connectivity index (χ3v) is 2.58. The smallest absolute Gasteiger partial charge is 0.254 e. The Hall–Kier alpha value is -2.04. The van der Waals surface area contributed by atoms with E-state index in [1.807, 2.05) is 13.8 Å². The summed E-state index contributed by atoms with van der Waals surface area (Å²) in [5.74, 6) is 0.875. The molecule has 0 aliphatic rings. The Bertz CT molecular complexity index is 586. The first-order chi connectivity index (χ1) is 8.11. The first-order valence-electron chi connectivity index (χ1n) is 5.50. The van der Waals surface area contributed by atoms with Crippen molar-refractivity contribution in [3.63, 3.8) is 0 Å². The standard InChI is InChI=1S/C12H14N4O/c1-4-9-8(3)12(17)16-11(15-9)10-13-5-7(2)6-14-10/h5-6H,4H2,1-3H3,(H,15,16,17). The summed E-state index contributed by atoms with van der Waals surface area (Å²) in [6.07, 6.45) is 4.12. The predicted octanol–water partition coefficient (Wildman–Crippen LogP) is 1.41. The average Bonchev–Trinajstić information content (AvgIpc) is 2.33. The van der Waals surface area contributed by atoms with Crippen LogP contribution in [0, 0.1) is 13.8 Å². The number of hydrogen-bond acceptors (Lipinski definition) is 4.